The van der Waals surface area contributed by atoms with E-state index in [1.807, 2.05) is 42.2 Å². The average Bonchev–Trinajstić information content (AvgIpc) is 3.14. The molecule has 24 heavy (non-hydrogen) atoms. The molecule has 2 N–H and O–H groups in total. The monoisotopic (exact) mass is 354 g/mol. The van der Waals surface area contributed by atoms with Crippen LogP contribution in [0.5, 0.6) is 0 Å². The van der Waals surface area contributed by atoms with Crippen molar-refractivity contribution in [3.63, 3.8) is 0 Å². The van der Waals surface area contributed by atoms with Crippen molar-refractivity contribution in [3.05, 3.63) is 40.6 Å². The predicted molar refractivity (Wildman–Crippen MR) is 106 cm³/mol. The number of thiophene rings is 1. The van der Waals surface area contributed by atoms with Crippen molar-refractivity contribution in [1.29, 1.82) is 5.26 Å². The first-order valence-corrected chi connectivity index (χ1v) is 9.83. The number of hydrogen-bond donors (Lipinski definition) is 1. The first-order chi connectivity index (χ1) is 11.7. The van der Waals surface area contributed by atoms with Crippen LogP contribution in [0, 0.1) is 11.2 Å². The largest absolute Gasteiger partial charge is 0.383 e. The molecule has 4 nitrogen and oxygen atoms in total. The van der Waals surface area contributed by atoms with E-state index in [4.69, 9.17) is 11.0 Å². The van der Waals surface area contributed by atoms with E-state index in [1.54, 1.807) is 11.3 Å². The lowest BCUT2D eigenvalue weighted by molar-refractivity contribution is 0.845. The van der Waals surface area contributed by atoms with Crippen LogP contribution in [0.1, 0.15) is 4.88 Å². The fourth-order valence-electron chi connectivity index (χ4n) is 2.60. The second kappa shape index (κ2) is 7.78. The van der Waals surface area contributed by atoms with E-state index < -0.39 is 0 Å². The molecule has 0 atom stereocenters. The quantitative estimate of drug-likeness (QED) is 0.503. The summed E-state index contributed by atoms with van der Waals surface area (Å²) in [6.45, 7) is 3.96. The van der Waals surface area contributed by atoms with Crippen LogP contribution in [0.25, 0.3) is 0 Å². The number of hydrogen-bond acceptors (Lipinski definition) is 5. The predicted octanol–water partition coefficient (Wildman–Crippen LogP) is 3.88. The van der Waals surface area contributed by atoms with Crippen LogP contribution >= 0.6 is 23.1 Å². The summed E-state index contributed by atoms with van der Waals surface area (Å²) in [6.07, 6.45) is 0.880. The molecule has 0 saturated heterocycles. The first-order valence-electron chi connectivity index (χ1n) is 7.97. The first kappa shape index (κ1) is 16.9. The van der Waals surface area contributed by atoms with E-state index in [1.165, 1.54) is 10.6 Å². The van der Waals surface area contributed by atoms with Crippen LogP contribution in [0.15, 0.2) is 45.6 Å². The maximum atomic E-state index is 8.99. The van der Waals surface area contributed by atoms with Gasteiger partial charge in [-0.05, 0) is 36.0 Å². The van der Waals surface area contributed by atoms with Gasteiger partial charge in [-0.2, -0.15) is 0 Å². The van der Waals surface area contributed by atoms with Gasteiger partial charge >= 0.3 is 0 Å². The lowest BCUT2D eigenvalue weighted by Gasteiger charge is -2.31. The molecule has 122 valence electrons. The van der Waals surface area contributed by atoms with Gasteiger partial charge in [-0.15, -0.1) is 23.1 Å². The average molecular weight is 354 g/mol. The number of nitriles is 1. The summed E-state index contributed by atoms with van der Waals surface area (Å²) in [5, 5.41) is 11.0. The number of thioether (sulfide) groups is 1. The number of nitrogens with zero attached hydrogens (tertiary/aromatic N) is 3. The Morgan fingerprint density at radius 2 is 2.33 bits per heavy atom. The van der Waals surface area contributed by atoms with Crippen LogP contribution in [-0.2, 0) is 0 Å². The van der Waals surface area contributed by atoms with Crippen molar-refractivity contribution < 1.29 is 0 Å². The Balaban J connectivity index is 1.83. The molecule has 0 aliphatic carbocycles. The Morgan fingerprint density at radius 3 is 3.08 bits per heavy atom. The van der Waals surface area contributed by atoms with E-state index in [9.17, 15) is 0 Å². The Bertz CT molecular complexity index is 767. The minimum absolute atomic E-state index is 0.0821. The van der Waals surface area contributed by atoms with Gasteiger partial charge in [0.2, 0.25) is 0 Å². The number of anilines is 1. The summed E-state index contributed by atoms with van der Waals surface area (Å²) in [5.41, 5.74) is 8.18. The van der Waals surface area contributed by atoms with Gasteiger partial charge in [0.15, 0.2) is 0 Å². The highest BCUT2D eigenvalue weighted by atomic mass is 32.2. The van der Waals surface area contributed by atoms with E-state index >= 15 is 0 Å². The lowest BCUT2D eigenvalue weighted by Crippen LogP contribution is -2.31. The van der Waals surface area contributed by atoms with Crippen molar-refractivity contribution >= 4 is 47.0 Å². The molecule has 0 spiro atoms. The van der Waals surface area contributed by atoms with Gasteiger partial charge in [0.05, 0.1) is 16.3 Å². The highest BCUT2D eigenvalue weighted by molar-refractivity contribution is 7.99. The van der Waals surface area contributed by atoms with Gasteiger partial charge < -0.3 is 10.6 Å². The molecule has 2 aromatic rings. The molecule has 3 rings (SSSR count). The topological polar surface area (TPSA) is 65.4 Å². The minimum Gasteiger partial charge on any atom is -0.383 e. The second-order valence-electron chi connectivity index (χ2n) is 5.78. The molecule has 0 amide bonds. The third-order valence-corrected chi connectivity index (χ3v) is 5.91. The van der Waals surface area contributed by atoms with Crippen molar-refractivity contribution in [2.45, 2.75) is 18.0 Å². The zero-order valence-corrected chi connectivity index (χ0v) is 15.2. The Morgan fingerprint density at radius 1 is 1.46 bits per heavy atom. The van der Waals surface area contributed by atoms with Crippen LogP contribution in [0.3, 0.4) is 0 Å². The van der Waals surface area contributed by atoms with E-state index in [-0.39, 0.29) is 6.71 Å². The molecule has 0 saturated carbocycles. The number of aliphatic imine (C=N–C) groups is 1. The van der Waals surface area contributed by atoms with Gasteiger partial charge in [-0.3, -0.25) is 0 Å². The van der Waals surface area contributed by atoms with E-state index in [0.29, 0.717) is 5.84 Å². The summed E-state index contributed by atoms with van der Waals surface area (Å²) in [5.74, 6) is 3.94. The molecule has 0 radical (unpaired) electrons. The fraction of sp³-hybridized carbons (Fsp3) is 0.294. The fourth-order valence-corrected chi connectivity index (χ4v) is 4.25. The van der Waals surface area contributed by atoms with Gasteiger partial charge in [-0.25, -0.2) is 10.3 Å². The summed E-state index contributed by atoms with van der Waals surface area (Å²) in [6, 6.07) is 10.2. The number of benzene rings is 1. The van der Waals surface area contributed by atoms with Gasteiger partial charge in [0, 0.05) is 29.7 Å². The maximum Gasteiger partial charge on any atom is 0.266 e. The van der Waals surface area contributed by atoms with Gasteiger partial charge in [-0.1, -0.05) is 12.9 Å². The zero-order chi connectivity index (χ0) is 16.9. The third-order valence-electron chi connectivity index (χ3n) is 3.98. The van der Waals surface area contributed by atoms with Crippen LogP contribution in [-0.4, -0.2) is 31.4 Å². The van der Waals surface area contributed by atoms with Crippen LogP contribution in [0.4, 0.5) is 11.4 Å². The molecule has 0 unspecified atom stereocenters. The van der Waals surface area contributed by atoms with Crippen molar-refractivity contribution in [2.24, 2.45) is 10.7 Å². The van der Waals surface area contributed by atoms with Crippen LogP contribution < -0.4 is 10.6 Å². The molecular formula is C17H19BN4S2. The Labute approximate surface area is 151 Å². The Kier molecular flexibility index (Phi) is 5.49. The highest BCUT2D eigenvalue weighted by Crippen LogP contribution is 2.37. The third kappa shape index (κ3) is 3.95. The molecule has 7 heteroatoms. The van der Waals surface area contributed by atoms with Gasteiger partial charge in [0.1, 0.15) is 5.84 Å². The molecule has 1 aliphatic rings. The highest BCUT2D eigenvalue weighted by Gasteiger charge is 2.19. The van der Waals surface area contributed by atoms with E-state index in [0.717, 1.165) is 35.7 Å². The van der Waals surface area contributed by atoms with E-state index in [2.05, 4.69) is 28.0 Å². The number of nitrogens with two attached hydrogens (primary N) is 1. The molecule has 1 aliphatic heterocycles. The maximum absolute atomic E-state index is 8.99. The SMILES string of the molecule is CB(C#N)CCN1CCSc2ccc(N=C(N)c3cccs3)cc21. The number of rotatable bonds is 5. The number of amidine groups is 1. The van der Waals surface area contributed by atoms with Gasteiger partial charge in [0.25, 0.3) is 6.71 Å². The summed E-state index contributed by atoms with van der Waals surface area (Å²) in [7, 11) is 0. The second-order valence-corrected chi connectivity index (χ2v) is 7.87. The summed E-state index contributed by atoms with van der Waals surface area (Å²) in [4.78, 5) is 9.20. The molecule has 0 fully saturated rings. The van der Waals surface area contributed by atoms with Crippen LogP contribution in [0.2, 0.25) is 13.1 Å². The Hall–Kier alpha value is -1.91. The van der Waals surface area contributed by atoms with Crippen molar-refractivity contribution in [2.75, 3.05) is 23.7 Å². The molecule has 1 aromatic carbocycles. The normalized spacial score (nSPS) is 14.2. The standard InChI is InChI=1S/C17H19BN4S2/c1-18(12-19)6-7-22-8-10-24-15-5-4-13(11-14(15)22)21-17(20)16-3-2-9-23-16/h2-5,9,11H,6-8,10H2,1H3,(H2,20,21). The molecule has 2 heterocycles. The summed E-state index contributed by atoms with van der Waals surface area (Å²) >= 11 is 3.47. The minimum atomic E-state index is 0.0821. The smallest absolute Gasteiger partial charge is 0.266 e. The van der Waals surface area contributed by atoms with Crippen molar-refractivity contribution in [1.82, 2.24) is 0 Å². The molecular weight excluding hydrogens is 335 g/mol. The van der Waals surface area contributed by atoms with Crippen molar-refractivity contribution in [3.8, 4) is 5.97 Å². The zero-order valence-electron chi connectivity index (χ0n) is 13.6. The molecule has 1 aromatic heterocycles. The lowest BCUT2D eigenvalue weighted by atomic mass is 9.51. The number of fused-ring (bicyclic) bond motifs is 1. The molecule has 0 bridgehead atoms. The summed E-state index contributed by atoms with van der Waals surface area (Å²) < 4.78 is 0.